The highest BCUT2D eigenvalue weighted by molar-refractivity contribution is 5.84. The number of likely N-dealkylation sites (tertiary alicyclic amines) is 1. The number of hydrogen-bond donors (Lipinski definition) is 2. The predicted octanol–water partition coefficient (Wildman–Crippen LogP) is 3.95. The lowest BCUT2D eigenvalue weighted by Crippen LogP contribution is -2.53. The summed E-state index contributed by atoms with van der Waals surface area (Å²) >= 11 is 0. The minimum absolute atomic E-state index is 0.0705. The van der Waals surface area contributed by atoms with Gasteiger partial charge in [-0.25, -0.2) is 0 Å². The van der Waals surface area contributed by atoms with Crippen LogP contribution in [0.25, 0.3) is 0 Å². The molecule has 2 N–H and O–H groups in total. The normalized spacial score (nSPS) is 53.9. The average molecular weight is 638 g/mol. The Morgan fingerprint density at radius 1 is 1.07 bits per heavy atom. The lowest BCUT2D eigenvalue weighted by molar-refractivity contribution is -0.165. The third-order valence-electron chi connectivity index (χ3n) is 14.8. The van der Waals surface area contributed by atoms with Crippen molar-refractivity contribution in [1.82, 2.24) is 4.90 Å². The fourth-order valence-corrected chi connectivity index (χ4v) is 12.7. The second-order valence-corrected chi connectivity index (χ2v) is 17.0. The van der Waals surface area contributed by atoms with Gasteiger partial charge in [-0.15, -0.1) is 0 Å². The maximum Gasteiger partial charge on any atom is 0.313 e. The monoisotopic (exact) mass is 637 g/mol. The molecule has 0 amide bonds. The van der Waals surface area contributed by atoms with Crippen LogP contribution in [-0.2, 0) is 28.6 Å². The summed E-state index contributed by atoms with van der Waals surface area (Å²) in [4.78, 5) is 43.6. The molecule has 3 saturated carbocycles. The number of hydrogen-bond acceptors (Lipinski definition) is 9. The molecule has 9 nitrogen and oxygen atoms in total. The minimum Gasteiger partial charge on any atom is -0.462 e. The van der Waals surface area contributed by atoms with E-state index in [-0.39, 0.29) is 47.9 Å². The second-order valence-electron chi connectivity index (χ2n) is 17.0. The van der Waals surface area contributed by atoms with Gasteiger partial charge in [-0.3, -0.25) is 14.4 Å². The van der Waals surface area contributed by atoms with Gasteiger partial charge in [0.15, 0.2) is 0 Å². The van der Waals surface area contributed by atoms with E-state index in [2.05, 4.69) is 30.1 Å². The minimum atomic E-state index is -1.17. The number of fused-ring (bicyclic) bond motifs is 6. The van der Waals surface area contributed by atoms with E-state index in [1.54, 1.807) is 0 Å². The van der Waals surface area contributed by atoms with Gasteiger partial charge in [-0.1, -0.05) is 37.1 Å². The van der Waals surface area contributed by atoms with Gasteiger partial charge in [-0.2, -0.15) is 0 Å². The number of piperidine rings is 1. The number of rotatable bonds is 3. The van der Waals surface area contributed by atoms with Crippen molar-refractivity contribution in [1.29, 1.82) is 0 Å². The Bertz CT molecular complexity index is 1410. The Morgan fingerprint density at radius 3 is 2.52 bits per heavy atom. The largest absolute Gasteiger partial charge is 0.462 e. The zero-order chi connectivity index (χ0) is 32.6. The molecule has 2 bridgehead atoms. The summed E-state index contributed by atoms with van der Waals surface area (Å²) < 4.78 is 19.1. The third-order valence-corrected chi connectivity index (χ3v) is 14.8. The molecular formula is C37H51NO8. The highest BCUT2D eigenvalue weighted by Gasteiger charge is 2.85. The van der Waals surface area contributed by atoms with Crippen molar-refractivity contribution in [2.75, 3.05) is 19.6 Å². The van der Waals surface area contributed by atoms with Crippen molar-refractivity contribution in [2.45, 2.75) is 115 Å². The molecule has 3 aliphatic heterocycles. The zero-order valence-electron chi connectivity index (χ0n) is 28.0. The van der Waals surface area contributed by atoms with Gasteiger partial charge in [0, 0.05) is 54.4 Å². The van der Waals surface area contributed by atoms with E-state index in [1.165, 1.54) is 13.3 Å². The Hall–Kier alpha value is -2.23. The van der Waals surface area contributed by atoms with Crippen LogP contribution in [0, 0.1) is 51.8 Å². The van der Waals surface area contributed by atoms with Crippen molar-refractivity contribution < 1.29 is 38.8 Å². The number of nitrogens with zero attached hydrogens (tertiary/aromatic N) is 1. The standard InChI is InChI=1S/C37H51NO8/c1-20-9-10-24-26(20)29-27(25(44-21(2)39)17-34(24,4)42)37(32(41)46-29)19-36-14-13-33(37,3)30(36)28-22(11-12-35(36,5)43)23(31(40)45-28)18-38-15-7-6-8-16-38/h9,13-14,22-30,42-43H,6-8,10-12,15-19H2,1-5H3/t22-,23+,24-,25+,26+,27+,28+,29-,30+,33-,34-,35-,36+,37+/m1/s1. The van der Waals surface area contributed by atoms with Crippen LogP contribution in [0.15, 0.2) is 23.8 Å². The lowest BCUT2D eigenvalue weighted by atomic mass is 9.54. The summed E-state index contributed by atoms with van der Waals surface area (Å²) in [5.74, 6) is -2.54. The SMILES string of the molecule is CC(=O)O[C@H]1C[C@@](C)(O)[C@@H]2CC=C(C)[C@@H]2[C@H]2OC(=O)[C@]3(C[C@@]45C=C[C@]3(C)[C@@H]4[C@H]3OC(=O)[C@@H](CN4CCCCC4)[C@H]3CC[C@@]5(C)O)[C@H]21. The van der Waals surface area contributed by atoms with Crippen molar-refractivity contribution in [2.24, 2.45) is 51.8 Å². The van der Waals surface area contributed by atoms with Crippen LogP contribution in [-0.4, -0.2) is 82.2 Å². The molecule has 1 spiro atoms. The van der Waals surface area contributed by atoms with Crippen molar-refractivity contribution in [3.63, 3.8) is 0 Å². The fourth-order valence-electron chi connectivity index (χ4n) is 12.7. The molecule has 46 heavy (non-hydrogen) atoms. The molecule has 6 fully saturated rings. The van der Waals surface area contributed by atoms with Crippen LogP contribution in [0.3, 0.4) is 0 Å². The van der Waals surface area contributed by atoms with Crippen LogP contribution in [0.5, 0.6) is 0 Å². The van der Waals surface area contributed by atoms with Gasteiger partial charge in [0.05, 0.1) is 28.5 Å². The highest BCUT2D eigenvalue weighted by atomic mass is 16.6. The summed E-state index contributed by atoms with van der Waals surface area (Å²) in [5, 5.41) is 24.5. The summed E-state index contributed by atoms with van der Waals surface area (Å²) in [6.07, 6.45) is 10.4. The van der Waals surface area contributed by atoms with E-state index in [0.717, 1.165) is 31.5 Å². The van der Waals surface area contributed by atoms with E-state index in [9.17, 15) is 24.6 Å². The molecule has 5 aliphatic carbocycles. The quantitative estimate of drug-likeness (QED) is 0.269. The number of ether oxygens (including phenoxy) is 3. The Morgan fingerprint density at radius 2 is 1.80 bits per heavy atom. The molecular weight excluding hydrogens is 586 g/mol. The first-order valence-corrected chi connectivity index (χ1v) is 17.8. The smallest absolute Gasteiger partial charge is 0.313 e. The summed E-state index contributed by atoms with van der Waals surface area (Å²) in [6, 6.07) is 0. The third kappa shape index (κ3) is 3.82. The van der Waals surface area contributed by atoms with Gasteiger partial charge < -0.3 is 29.3 Å². The topological polar surface area (TPSA) is 123 Å². The molecule has 14 atom stereocenters. The van der Waals surface area contributed by atoms with E-state index >= 15 is 0 Å². The summed E-state index contributed by atoms with van der Waals surface area (Å²) in [7, 11) is 0. The maximum atomic E-state index is 14.8. The van der Waals surface area contributed by atoms with Crippen LogP contribution in [0.1, 0.15) is 86.0 Å². The summed E-state index contributed by atoms with van der Waals surface area (Å²) in [5.41, 5.74) is -4.06. The number of carbonyl (C=O) groups excluding carboxylic acids is 3. The number of carbonyl (C=O) groups is 3. The zero-order valence-corrected chi connectivity index (χ0v) is 28.0. The lowest BCUT2D eigenvalue weighted by Gasteiger charge is -2.46. The van der Waals surface area contributed by atoms with Crippen molar-refractivity contribution in [3.05, 3.63) is 23.8 Å². The van der Waals surface area contributed by atoms with Gasteiger partial charge in [0.2, 0.25) is 0 Å². The molecule has 0 aromatic carbocycles. The van der Waals surface area contributed by atoms with E-state index in [1.807, 2.05) is 20.8 Å². The molecule has 8 aliphatic rings. The van der Waals surface area contributed by atoms with Crippen molar-refractivity contribution >= 4 is 17.9 Å². The molecule has 0 aromatic heterocycles. The Labute approximate surface area is 272 Å². The molecule has 252 valence electrons. The van der Waals surface area contributed by atoms with E-state index < -0.39 is 57.6 Å². The first-order chi connectivity index (χ1) is 21.7. The molecule has 3 heterocycles. The van der Waals surface area contributed by atoms with Crippen LogP contribution in [0.2, 0.25) is 0 Å². The summed E-state index contributed by atoms with van der Waals surface area (Å²) in [6.45, 7) is 11.9. The number of aliphatic hydroxyl groups is 2. The van der Waals surface area contributed by atoms with Gasteiger partial charge in [0.25, 0.3) is 0 Å². The van der Waals surface area contributed by atoms with Gasteiger partial charge >= 0.3 is 17.9 Å². The molecule has 0 aromatic rings. The first-order valence-electron chi connectivity index (χ1n) is 17.8. The van der Waals surface area contributed by atoms with Crippen molar-refractivity contribution in [3.8, 4) is 0 Å². The first kappa shape index (κ1) is 31.1. The fraction of sp³-hybridized carbons (Fsp3) is 0.811. The maximum absolute atomic E-state index is 14.8. The average Bonchev–Trinajstić information content (AvgIpc) is 3.70. The Kier molecular flexibility index (Phi) is 6.69. The predicted molar refractivity (Wildman–Crippen MR) is 167 cm³/mol. The van der Waals surface area contributed by atoms with Gasteiger partial charge in [-0.05, 0) is 72.4 Å². The Balaban J connectivity index is 1.26. The highest BCUT2D eigenvalue weighted by Crippen LogP contribution is 2.80. The van der Waals surface area contributed by atoms with Gasteiger partial charge in [0.1, 0.15) is 18.3 Å². The van der Waals surface area contributed by atoms with E-state index in [4.69, 9.17) is 14.2 Å². The molecule has 0 radical (unpaired) electrons. The molecule has 9 heteroatoms. The van der Waals surface area contributed by atoms with Crippen LogP contribution >= 0.6 is 0 Å². The van der Waals surface area contributed by atoms with E-state index in [0.29, 0.717) is 32.2 Å². The molecule has 0 unspecified atom stereocenters. The number of esters is 3. The molecule has 3 saturated heterocycles. The van der Waals surface area contributed by atoms with Crippen LogP contribution < -0.4 is 0 Å². The molecule has 8 rings (SSSR count). The second kappa shape index (κ2) is 9.91. The number of allylic oxidation sites excluding steroid dienone is 2. The van der Waals surface area contributed by atoms with Crippen LogP contribution in [0.4, 0.5) is 0 Å².